The molecule has 0 saturated carbocycles. The lowest BCUT2D eigenvalue weighted by atomic mass is 9.91. The number of nitrogens with one attached hydrogen (secondary N) is 1. The van der Waals surface area contributed by atoms with E-state index in [0.717, 1.165) is 31.2 Å². The van der Waals surface area contributed by atoms with Crippen molar-refractivity contribution in [3.8, 4) is 0 Å². The lowest BCUT2D eigenvalue weighted by Gasteiger charge is -2.22. The van der Waals surface area contributed by atoms with Gasteiger partial charge in [-0.25, -0.2) is 4.39 Å². The van der Waals surface area contributed by atoms with Gasteiger partial charge in [0.2, 0.25) is 0 Å². The molecule has 0 amide bonds. The van der Waals surface area contributed by atoms with Gasteiger partial charge in [0, 0.05) is 8.95 Å². The Bertz CT molecular complexity index is 597. The van der Waals surface area contributed by atoms with E-state index in [-0.39, 0.29) is 11.9 Å². The first kappa shape index (κ1) is 15.7. The highest BCUT2D eigenvalue weighted by atomic mass is 79.9. The van der Waals surface area contributed by atoms with E-state index in [1.807, 2.05) is 27.0 Å². The number of benzene rings is 2. The standard InChI is InChI=1S/C16H16Br2FN/c1-9-4-14(19)5-10(2)15(9)16(20-3)11-6-12(17)8-13(18)7-11/h4-8,16,20H,1-3H3. The summed E-state index contributed by atoms with van der Waals surface area (Å²) in [6, 6.07) is 9.35. The van der Waals surface area contributed by atoms with Crippen molar-refractivity contribution in [1.82, 2.24) is 5.32 Å². The highest BCUT2D eigenvalue weighted by molar-refractivity contribution is 9.11. The molecule has 0 aromatic heterocycles. The molecule has 2 aromatic rings. The highest BCUT2D eigenvalue weighted by Crippen LogP contribution is 2.31. The molecule has 4 heteroatoms. The Hall–Kier alpha value is -0.710. The molecule has 1 unspecified atom stereocenters. The third-order valence-corrected chi connectivity index (χ3v) is 4.27. The van der Waals surface area contributed by atoms with Crippen molar-refractivity contribution >= 4 is 31.9 Å². The van der Waals surface area contributed by atoms with Gasteiger partial charge in [-0.05, 0) is 73.5 Å². The molecule has 0 fully saturated rings. The zero-order chi connectivity index (χ0) is 14.9. The van der Waals surface area contributed by atoms with Gasteiger partial charge in [-0.1, -0.05) is 31.9 Å². The number of rotatable bonds is 3. The summed E-state index contributed by atoms with van der Waals surface area (Å²) < 4.78 is 15.5. The second-order valence-corrected chi connectivity index (χ2v) is 6.71. The molecule has 1 atom stereocenters. The predicted molar refractivity (Wildman–Crippen MR) is 88.6 cm³/mol. The van der Waals surface area contributed by atoms with E-state index < -0.39 is 0 Å². The van der Waals surface area contributed by atoms with Crippen LogP contribution in [0.3, 0.4) is 0 Å². The molecule has 0 heterocycles. The van der Waals surface area contributed by atoms with Gasteiger partial charge in [-0.3, -0.25) is 0 Å². The zero-order valence-corrected chi connectivity index (χ0v) is 14.8. The van der Waals surface area contributed by atoms with Gasteiger partial charge in [0.1, 0.15) is 5.82 Å². The van der Waals surface area contributed by atoms with Crippen LogP contribution in [-0.4, -0.2) is 7.05 Å². The summed E-state index contributed by atoms with van der Waals surface area (Å²) in [5.74, 6) is -0.186. The lowest BCUT2D eigenvalue weighted by molar-refractivity contribution is 0.618. The molecular weight excluding hydrogens is 385 g/mol. The Morgan fingerprint density at radius 2 is 1.45 bits per heavy atom. The first-order valence-electron chi connectivity index (χ1n) is 6.32. The van der Waals surface area contributed by atoms with Crippen LogP contribution in [-0.2, 0) is 0 Å². The average molecular weight is 401 g/mol. The lowest BCUT2D eigenvalue weighted by Crippen LogP contribution is -2.20. The smallest absolute Gasteiger partial charge is 0.123 e. The van der Waals surface area contributed by atoms with Crippen molar-refractivity contribution < 1.29 is 4.39 Å². The molecule has 2 rings (SSSR count). The number of aryl methyl sites for hydroxylation is 2. The van der Waals surface area contributed by atoms with Crippen molar-refractivity contribution in [1.29, 1.82) is 0 Å². The van der Waals surface area contributed by atoms with Crippen LogP contribution in [0.2, 0.25) is 0 Å². The van der Waals surface area contributed by atoms with Crippen molar-refractivity contribution in [2.24, 2.45) is 0 Å². The molecule has 2 aromatic carbocycles. The second kappa shape index (κ2) is 6.37. The van der Waals surface area contributed by atoms with Gasteiger partial charge in [0.05, 0.1) is 6.04 Å². The van der Waals surface area contributed by atoms with Crippen LogP contribution < -0.4 is 5.32 Å². The van der Waals surface area contributed by atoms with Crippen molar-refractivity contribution in [3.63, 3.8) is 0 Å². The molecule has 0 aliphatic rings. The fraction of sp³-hybridized carbons (Fsp3) is 0.250. The molecule has 20 heavy (non-hydrogen) atoms. The zero-order valence-electron chi connectivity index (χ0n) is 11.6. The van der Waals surface area contributed by atoms with Crippen LogP contribution in [0.25, 0.3) is 0 Å². The Morgan fingerprint density at radius 1 is 0.950 bits per heavy atom. The van der Waals surface area contributed by atoms with E-state index in [1.54, 1.807) is 12.1 Å². The summed E-state index contributed by atoms with van der Waals surface area (Å²) in [7, 11) is 1.92. The normalized spacial score (nSPS) is 12.5. The molecule has 0 saturated heterocycles. The van der Waals surface area contributed by atoms with Crippen LogP contribution in [0.1, 0.15) is 28.3 Å². The fourth-order valence-electron chi connectivity index (χ4n) is 2.60. The quantitative estimate of drug-likeness (QED) is 0.739. The molecule has 106 valence electrons. The maximum absolute atomic E-state index is 13.5. The van der Waals surface area contributed by atoms with Crippen LogP contribution >= 0.6 is 31.9 Å². The van der Waals surface area contributed by atoms with E-state index in [0.29, 0.717) is 0 Å². The largest absolute Gasteiger partial charge is 0.309 e. The van der Waals surface area contributed by atoms with E-state index in [2.05, 4.69) is 49.3 Å². The second-order valence-electron chi connectivity index (χ2n) is 4.88. The van der Waals surface area contributed by atoms with Gasteiger partial charge in [0.15, 0.2) is 0 Å². The summed E-state index contributed by atoms with van der Waals surface area (Å²) >= 11 is 7.03. The molecule has 0 spiro atoms. The van der Waals surface area contributed by atoms with Gasteiger partial charge in [-0.2, -0.15) is 0 Å². The van der Waals surface area contributed by atoms with Crippen LogP contribution in [0.5, 0.6) is 0 Å². The minimum Gasteiger partial charge on any atom is -0.309 e. The molecule has 0 aliphatic carbocycles. The van der Waals surface area contributed by atoms with Crippen LogP contribution in [0, 0.1) is 19.7 Å². The van der Waals surface area contributed by atoms with Crippen molar-refractivity contribution in [3.05, 3.63) is 67.3 Å². The number of hydrogen-bond donors (Lipinski definition) is 1. The molecule has 0 radical (unpaired) electrons. The first-order valence-corrected chi connectivity index (χ1v) is 7.91. The van der Waals surface area contributed by atoms with Gasteiger partial charge in [0.25, 0.3) is 0 Å². The van der Waals surface area contributed by atoms with E-state index in [9.17, 15) is 4.39 Å². The van der Waals surface area contributed by atoms with Crippen LogP contribution in [0.15, 0.2) is 39.3 Å². The average Bonchev–Trinajstić information content (AvgIpc) is 2.32. The third-order valence-electron chi connectivity index (χ3n) is 3.35. The summed E-state index contributed by atoms with van der Waals surface area (Å²) in [5.41, 5.74) is 4.17. The number of hydrogen-bond acceptors (Lipinski definition) is 1. The summed E-state index contributed by atoms with van der Waals surface area (Å²) in [6.45, 7) is 3.89. The van der Waals surface area contributed by atoms with E-state index in [4.69, 9.17) is 0 Å². The van der Waals surface area contributed by atoms with Gasteiger partial charge >= 0.3 is 0 Å². The fourth-order valence-corrected chi connectivity index (χ4v) is 3.93. The Labute approximate surface area is 135 Å². The highest BCUT2D eigenvalue weighted by Gasteiger charge is 2.18. The van der Waals surface area contributed by atoms with Gasteiger partial charge < -0.3 is 5.32 Å². The topological polar surface area (TPSA) is 12.0 Å². The summed E-state index contributed by atoms with van der Waals surface area (Å²) in [4.78, 5) is 0. The molecule has 1 N–H and O–H groups in total. The maximum atomic E-state index is 13.5. The Kier molecular flexibility index (Phi) is 4.99. The van der Waals surface area contributed by atoms with Gasteiger partial charge in [-0.15, -0.1) is 0 Å². The SMILES string of the molecule is CNC(c1cc(Br)cc(Br)c1)c1c(C)cc(F)cc1C. The predicted octanol–water partition coefficient (Wildman–Crippen LogP) is 5.28. The minimum absolute atomic E-state index is 0.0319. The van der Waals surface area contributed by atoms with E-state index >= 15 is 0 Å². The Morgan fingerprint density at radius 3 is 1.90 bits per heavy atom. The summed E-state index contributed by atoms with van der Waals surface area (Å²) in [6.07, 6.45) is 0. The maximum Gasteiger partial charge on any atom is 0.123 e. The minimum atomic E-state index is -0.186. The molecule has 0 bridgehead atoms. The molecular formula is C16H16Br2FN. The third kappa shape index (κ3) is 3.30. The molecule has 0 aliphatic heterocycles. The van der Waals surface area contributed by atoms with Crippen molar-refractivity contribution in [2.45, 2.75) is 19.9 Å². The monoisotopic (exact) mass is 399 g/mol. The van der Waals surface area contributed by atoms with Crippen LogP contribution in [0.4, 0.5) is 4.39 Å². The molecule has 1 nitrogen and oxygen atoms in total. The van der Waals surface area contributed by atoms with Crippen molar-refractivity contribution in [2.75, 3.05) is 7.05 Å². The Balaban J connectivity index is 2.58. The van der Waals surface area contributed by atoms with E-state index in [1.165, 1.54) is 0 Å². The summed E-state index contributed by atoms with van der Waals surface area (Å²) in [5, 5.41) is 3.33. The number of halogens is 3. The first-order chi connectivity index (χ1) is 9.42.